The first-order valence-corrected chi connectivity index (χ1v) is 17.8. The van der Waals surface area contributed by atoms with Crippen LogP contribution in [-0.4, -0.2) is 75.3 Å². The Hall–Kier alpha value is -1.78. The van der Waals surface area contributed by atoms with E-state index in [1.54, 1.807) is 0 Å². The summed E-state index contributed by atoms with van der Waals surface area (Å²) in [7, 11) is 0. The van der Waals surface area contributed by atoms with Crippen LogP contribution in [0.1, 0.15) is 113 Å². The number of ether oxygens (including phenoxy) is 3. The van der Waals surface area contributed by atoms with Crippen molar-refractivity contribution in [3.05, 3.63) is 24.3 Å². The fraction of sp³-hybridized carbons (Fsp3) is 0.842. The van der Waals surface area contributed by atoms with Crippen LogP contribution in [0.15, 0.2) is 24.3 Å². The zero-order chi connectivity index (χ0) is 35.3. The number of carbonyl (C=O) groups excluding carboxylic acids is 1. The smallest absolute Gasteiger partial charge is 0.303 e. The van der Waals surface area contributed by atoms with Crippen molar-refractivity contribution >= 4 is 11.9 Å². The van der Waals surface area contributed by atoms with E-state index in [4.69, 9.17) is 14.2 Å². The van der Waals surface area contributed by atoms with Crippen LogP contribution in [0, 0.1) is 45.8 Å². The number of hydrogen-bond acceptors (Lipinski definition) is 8. The van der Waals surface area contributed by atoms with E-state index >= 15 is 0 Å². The predicted octanol–water partition coefficient (Wildman–Crippen LogP) is 6.04. The summed E-state index contributed by atoms with van der Waals surface area (Å²) in [5.74, 6) is -1.12. The second kappa shape index (κ2) is 13.9. The molecule has 4 aliphatic rings. The highest BCUT2D eigenvalue weighted by molar-refractivity contribution is 5.67. The standard InChI is InChI=1S/C38H62O9/c1-21(2)23(5)11-18-38(10,44)26-13-17-37(9)31(26)28(47-34-33(46-24(6)39)32(43)27(40)20-45-34)19-29-35(7,15-14-30(41)42)25(22(3)4)12-16-36(29,37)8/h21,25-29,31-34,40,43-44H,3,5,11-20H2,1-2,4,6-10H3,(H,41,42)/t25-,26-,27+,28+,29+,31+,32-,33+,34-,35-,36+,37+,38-/m0/s1. The van der Waals surface area contributed by atoms with Gasteiger partial charge in [-0.25, -0.2) is 0 Å². The maximum atomic E-state index is 12.3. The van der Waals surface area contributed by atoms with Crippen LogP contribution in [0.4, 0.5) is 0 Å². The van der Waals surface area contributed by atoms with Gasteiger partial charge in [0, 0.05) is 13.3 Å². The van der Waals surface area contributed by atoms with E-state index in [1.807, 2.05) is 13.8 Å². The molecule has 9 nitrogen and oxygen atoms in total. The highest BCUT2D eigenvalue weighted by Gasteiger charge is 2.70. The van der Waals surface area contributed by atoms with Gasteiger partial charge in [-0.1, -0.05) is 58.9 Å². The van der Waals surface area contributed by atoms with E-state index in [-0.39, 0.29) is 52.9 Å². The highest BCUT2D eigenvalue weighted by atomic mass is 16.7. The maximum Gasteiger partial charge on any atom is 0.303 e. The lowest BCUT2D eigenvalue weighted by Crippen LogP contribution is -2.65. The summed E-state index contributed by atoms with van der Waals surface area (Å²) in [5, 5.41) is 43.4. The average Bonchev–Trinajstić information content (AvgIpc) is 3.35. The van der Waals surface area contributed by atoms with Gasteiger partial charge in [0.25, 0.3) is 0 Å². The number of allylic oxidation sites excluding steroid dienone is 2. The van der Waals surface area contributed by atoms with Gasteiger partial charge < -0.3 is 34.6 Å². The van der Waals surface area contributed by atoms with E-state index in [1.165, 1.54) is 6.92 Å². The van der Waals surface area contributed by atoms with E-state index in [9.17, 15) is 30.0 Å². The molecule has 0 aromatic rings. The summed E-state index contributed by atoms with van der Waals surface area (Å²) < 4.78 is 18.4. The number of aliphatic hydroxyl groups is 3. The first kappa shape index (κ1) is 38.0. The Morgan fingerprint density at radius 3 is 2.26 bits per heavy atom. The summed E-state index contributed by atoms with van der Waals surface area (Å²) in [6, 6.07) is 0. The molecule has 13 atom stereocenters. The second-order valence-electron chi connectivity index (χ2n) is 16.8. The minimum absolute atomic E-state index is 0.0555. The van der Waals surface area contributed by atoms with E-state index in [0.717, 1.165) is 36.8 Å². The molecule has 4 N–H and O–H groups in total. The third kappa shape index (κ3) is 6.99. The SMILES string of the molecule is C=C(CC[C@](C)(O)[C@H]1CC[C@]2(C)[C@H]1[C@H](O[C@@H]1OC[C@@H](O)[C@H](O)[C@H]1OC(C)=O)C[C@@H]1[C@@](C)(CCC(=O)O)[C@H](C(=C)C)CC[C@]12C)C(C)C. The Morgan fingerprint density at radius 2 is 1.68 bits per heavy atom. The lowest BCUT2D eigenvalue weighted by molar-refractivity contribution is -0.314. The van der Waals surface area contributed by atoms with Gasteiger partial charge in [0.15, 0.2) is 12.4 Å². The molecular formula is C38H62O9. The lowest BCUT2D eigenvalue weighted by Gasteiger charge is -2.68. The molecule has 0 unspecified atom stereocenters. The van der Waals surface area contributed by atoms with Gasteiger partial charge in [-0.05, 0) is 111 Å². The topological polar surface area (TPSA) is 143 Å². The number of carboxylic acids is 1. The predicted molar refractivity (Wildman–Crippen MR) is 179 cm³/mol. The van der Waals surface area contributed by atoms with Crippen LogP contribution in [0.3, 0.4) is 0 Å². The molecule has 1 saturated heterocycles. The molecule has 47 heavy (non-hydrogen) atoms. The number of rotatable bonds is 12. The van der Waals surface area contributed by atoms with Crippen molar-refractivity contribution in [1.29, 1.82) is 0 Å². The fourth-order valence-electron chi connectivity index (χ4n) is 10.7. The van der Waals surface area contributed by atoms with Crippen molar-refractivity contribution in [2.24, 2.45) is 45.8 Å². The monoisotopic (exact) mass is 662 g/mol. The number of aliphatic carboxylic acids is 1. The number of hydrogen-bond donors (Lipinski definition) is 4. The molecule has 4 rings (SSSR count). The quantitative estimate of drug-likeness (QED) is 0.112. The maximum absolute atomic E-state index is 12.3. The zero-order valence-electron chi connectivity index (χ0n) is 30.1. The molecule has 1 aliphatic heterocycles. The molecule has 0 aromatic heterocycles. The van der Waals surface area contributed by atoms with Crippen LogP contribution in [-0.2, 0) is 23.8 Å². The number of carboxylic acid groups (broad SMARTS) is 1. The molecule has 3 aliphatic carbocycles. The third-order valence-corrected chi connectivity index (χ3v) is 13.7. The summed E-state index contributed by atoms with van der Waals surface area (Å²) in [4.78, 5) is 24.1. The third-order valence-electron chi connectivity index (χ3n) is 13.7. The van der Waals surface area contributed by atoms with Crippen LogP contribution in [0.25, 0.3) is 0 Å². The Labute approximate surface area is 282 Å². The van der Waals surface area contributed by atoms with Crippen molar-refractivity contribution in [2.45, 2.75) is 149 Å². The molecule has 3 saturated carbocycles. The largest absolute Gasteiger partial charge is 0.481 e. The van der Waals surface area contributed by atoms with E-state index < -0.39 is 48.2 Å². The lowest BCUT2D eigenvalue weighted by atomic mass is 9.37. The van der Waals surface area contributed by atoms with Gasteiger partial charge in [0.2, 0.25) is 0 Å². The normalized spacial score (nSPS) is 43.0. The summed E-state index contributed by atoms with van der Waals surface area (Å²) in [6.07, 6.45) is 0.591. The molecular weight excluding hydrogens is 600 g/mol. The minimum atomic E-state index is -1.38. The molecule has 4 fully saturated rings. The van der Waals surface area contributed by atoms with Gasteiger partial charge in [0.1, 0.15) is 12.2 Å². The van der Waals surface area contributed by atoms with Gasteiger partial charge in [0.05, 0.1) is 18.3 Å². The van der Waals surface area contributed by atoms with Crippen LogP contribution < -0.4 is 0 Å². The number of carbonyl (C=O) groups is 2. The van der Waals surface area contributed by atoms with Crippen molar-refractivity contribution in [1.82, 2.24) is 0 Å². The highest BCUT2D eigenvalue weighted by Crippen LogP contribution is 2.74. The summed E-state index contributed by atoms with van der Waals surface area (Å²) in [6.45, 7) is 24.9. The second-order valence-corrected chi connectivity index (χ2v) is 16.8. The van der Waals surface area contributed by atoms with Crippen molar-refractivity contribution in [2.75, 3.05) is 6.61 Å². The Kier molecular flexibility index (Phi) is 11.2. The van der Waals surface area contributed by atoms with Gasteiger partial charge in [-0.3, -0.25) is 9.59 Å². The van der Waals surface area contributed by atoms with Crippen molar-refractivity contribution in [3.63, 3.8) is 0 Å². The zero-order valence-corrected chi connectivity index (χ0v) is 30.1. The van der Waals surface area contributed by atoms with Crippen molar-refractivity contribution < 1.29 is 44.2 Å². The molecule has 0 aromatic carbocycles. The first-order chi connectivity index (χ1) is 21.7. The van der Waals surface area contributed by atoms with Gasteiger partial charge >= 0.3 is 11.9 Å². The molecule has 1 heterocycles. The van der Waals surface area contributed by atoms with Crippen LogP contribution in [0.2, 0.25) is 0 Å². The van der Waals surface area contributed by atoms with Crippen LogP contribution >= 0.6 is 0 Å². The van der Waals surface area contributed by atoms with E-state index in [0.29, 0.717) is 31.6 Å². The number of fused-ring (bicyclic) bond motifs is 3. The van der Waals surface area contributed by atoms with Gasteiger partial charge in [-0.2, -0.15) is 0 Å². The number of esters is 1. The van der Waals surface area contributed by atoms with Crippen molar-refractivity contribution in [3.8, 4) is 0 Å². The average molecular weight is 663 g/mol. The Bertz CT molecular complexity index is 1200. The van der Waals surface area contributed by atoms with Gasteiger partial charge in [-0.15, -0.1) is 0 Å². The molecule has 0 spiro atoms. The Morgan fingerprint density at radius 1 is 1.04 bits per heavy atom. The summed E-state index contributed by atoms with van der Waals surface area (Å²) >= 11 is 0. The van der Waals surface area contributed by atoms with E-state index in [2.05, 4.69) is 47.8 Å². The molecule has 0 amide bonds. The van der Waals surface area contributed by atoms with Crippen LogP contribution in [0.5, 0.6) is 0 Å². The molecule has 0 bridgehead atoms. The Balaban J connectivity index is 1.81. The first-order valence-electron chi connectivity index (χ1n) is 17.8. The minimum Gasteiger partial charge on any atom is -0.481 e. The molecule has 268 valence electrons. The number of aliphatic hydroxyl groups excluding tert-OH is 2. The molecule has 9 heteroatoms. The molecule has 0 radical (unpaired) electrons. The summed E-state index contributed by atoms with van der Waals surface area (Å²) in [5.41, 5.74) is 0.324. The fourth-order valence-corrected chi connectivity index (χ4v) is 10.7.